The molecule has 30 heavy (non-hydrogen) atoms. The van der Waals surface area contributed by atoms with Crippen LogP contribution in [0.3, 0.4) is 0 Å². The van der Waals surface area contributed by atoms with Gasteiger partial charge in [0.2, 0.25) is 0 Å². The van der Waals surface area contributed by atoms with Gasteiger partial charge in [-0.1, -0.05) is 12.1 Å². The van der Waals surface area contributed by atoms with Gasteiger partial charge in [-0.25, -0.2) is 9.07 Å². The largest absolute Gasteiger partial charge is 0.306 e. The quantitative estimate of drug-likeness (QED) is 0.494. The van der Waals surface area contributed by atoms with Gasteiger partial charge < -0.3 is 5.32 Å². The highest BCUT2D eigenvalue weighted by atomic mass is 32.1. The molecule has 0 aliphatic heterocycles. The van der Waals surface area contributed by atoms with E-state index in [0.29, 0.717) is 17.2 Å². The Balaban J connectivity index is 1.63. The fourth-order valence-electron chi connectivity index (χ4n) is 3.37. The van der Waals surface area contributed by atoms with Gasteiger partial charge in [-0.05, 0) is 58.4 Å². The number of hydrogen-bond donors (Lipinski definition) is 1. The number of fused-ring (bicyclic) bond motifs is 1. The minimum absolute atomic E-state index is 0.172. The molecule has 3 aromatic heterocycles. The number of nitrogens with zero attached hydrogens (tertiary/aromatic N) is 4. The fourth-order valence-corrected chi connectivity index (χ4v) is 4.43. The SMILES string of the molecule is Cc1cc(NC(=O)c2cc3c(C)nn(Cc4ccc(F)cc4)c3s2)n(C(C)(C)C)n1. The van der Waals surface area contributed by atoms with Crippen LogP contribution < -0.4 is 5.32 Å². The maximum atomic E-state index is 13.2. The van der Waals surface area contributed by atoms with E-state index < -0.39 is 0 Å². The summed E-state index contributed by atoms with van der Waals surface area (Å²) in [6.07, 6.45) is 0. The Morgan fingerprint density at radius 2 is 1.83 bits per heavy atom. The van der Waals surface area contributed by atoms with Crippen LogP contribution in [0.25, 0.3) is 10.2 Å². The summed E-state index contributed by atoms with van der Waals surface area (Å²) >= 11 is 1.40. The summed E-state index contributed by atoms with van der Waals surface area (Å²) in [5, 5.41) is 13.0. The third kappa shape index (κ3) is 3.87. The van der Waals surface area contributed by atoms with Crippen LogP contribution in [0.1, 0.15) is 47.4 Å². The molecule has 0 atom stereocenters. The number of aryl methyl sites for hydroxylation is 2. The summed E-state index contributed by atoms with van der Waals surface area (Å²) in [7, 11) is 0. The van der Waals surface area contributed by atoms with Crippen LogP contribution in [0.15, 0.2) is 36.4 Å². The first-order chi connectivity index (χ1) is 14.1. The number of amides is 1. The van der Waals surface area contributed by atoms with Crippen LogP contribution in [0.5, 0.6) is 0 Å². The molecular formula is C22H24FN5OS. The lowest BCUT2D eigenvalue weighted by Gasteiger charge is -2.22. The van der Waals surface area contributed by atoms with Crippen LogP contribution in [-0.4, -0.2) is 25.5 Å². The molecular weight excluding hydrogens is 401 g/mol. The molecule has 0 aliphatic rings. The minimum atomic E-state index is -0.264. The molecule has 0 fully saturated rings. The molecule has 156 valence electrons. The number of aromatic nitrogens is 4. The van der Waals surface area contributed by atoms with Gasteiger partial charge in [-0.3, -0.25) is 9.48 Å². The maximum absolute atomic E-state index is 13.2. The molecule has 0 unspecified atom stereocenters. The summed E-state index contributed by atoms with van der Waals surface area (Å²) in [6.45, 7) is 10.5. The van der Waals surface area contributed by atoms with E-state index in [1.807, 2.05) is 56.1 Å². The average molecular weight is 426 g/mol. The van der Waals surface area contributed by atoms with Gasteiger partial charge in [0, 0.05) is 11.5 Å². The first kappa shape index (κ1) is 20.3. The van der Waals surface area contributed by atoms with Crippen molar-refractivity contribution in [1.82, 2.24) is 19.6 Å². The van der Waals surface area contributed by atoms with Crippen molar-refractivity contribution in [2.45, 2.75) is 46.7 Å². The van der Waals surface area contributed by atoms with Crippen LogP contribution in [0.2, 0.25) is 0 Å². The lowest BCUT2D eigenvalue weighted by atomic mass is 10.1. The third-order valence-electron chi connectivity index (χ3n) is 4.79. The molecule has 0 saturated heterocycles. The number of halogens is 1. The third-order valence-corrected chi connectivity index (χ3v) is 5.93. The Bertz CT molecular complexity index is 1230. The summed E-state index contributed by atoms with van der Waals surface area (Å²) in [5.41, 5.74) is 2.41. The first-order valence-electron chi connectivity index (χ1n) is 9.72. The zero-order valence-corrected chi connectivity index (χ0v) is 18.5. The number of hydrogen-bond acceptors (Lipinski definition) is 4. The van der Waals surface area contributed by atoms with Crippen molar-refractivity contribution in [1.29, 1.82) is 0 Å². The van der Waals surface area contributed by atoms with Crippen molar-refractivity contribution in [3.63, 3.8) is 0 Å². The molecule has 0 saturated carbocycles. The smallest absolute Gasteiger partial charge is 0.266 e. The van der Waals surface area contributed by atoms with Crippen LogP contribution in [0, 0.1) is 19.7 Å². The Morgan fingerprint density at radius 1 is 1.13 bits per heavy atom. The number of carbonyl (C=O) groups excluding carboxylic acids is 1. The number of thiophene rings is 1. The summed E-state index contributed by atoms with van der Waals surface area (Å²) < 4.78 is 16.9. The summed E-state index contributed by atoms with van der Waals surface area (Å²) in [4.78, 5) is 14.5. The number of carbonyl (C=O) groups is 1. The number of benzene rings is 1. The van der Waals surface area contributed by atoms with Crippen molar-refractivity contribution < 1.29 is 9.18 Å². The number of anilines is 1. The van der Waals surface area contributed by atoms with E-state index in [1.165, 1.54) is 23.5 Å². The molecule has 0 spiro atoms. The van der Waals surface area contributed by atoms with E-state index in [2.05, 4.69) is 15.5 Å². The first-order valence-corrected chi connectivity index (χ1v) is 10.5. The molecule has 0 bridgehead atoms. The predicted molar refractivity (Wildman–Crippen MR) is 118 cm³/mol. The molecule has 3 heterocycles. The Hall–Kier alpha value is -3.00. The fraction of sp³-hybridized carbons (Fsp3) is 0.318. The van der Waals surface area contributed by atoms with Gasteiger partial charge in [-0.15, -0.1) is 11.3 Å². The topological polar surface area (TPSA) is 64.7 Å². The van der Waals surface area contributed by atoms with Crippen molar-refractivity contribution in [3.8, 4) is 0 Å². The lowest BCUT2D eigenvalue weighted by molar-refractivity contribution is 0.102. The summed E-state index contributed by atoms with van der Waals surface area (Å²) in [6, 6.07) is 10.1. The highest BCUT2D eigenvalue weighted by Crippen LogP contribution is 2.30. The molecule has 4 rings (SSSR count). The monoisotopic (exact) mass is 425 g/mol. The molecule has 1 amide bonds. The molecule has 8 heteroatoms. The van der Waals surface area contributed by atoms with Gasteiger partial charge in [0.1, 0.15) is 16.5 Å². The highest BCUT2D eigenvalue weighted by molar-refractivity contribution is 7.20. The van der Waals surface area contributed by atoms with E-state index in [1.54, 1.807) is 12.1 Å². The molecule has 0 radical (unpaired) electrons. The zero-order chi connectivity index (χ0) is 21.6. The zero-order valence-electron chi connectivity index (χ0n) is 17.7. The van der Waals surface area contributed by atoms with E-state index in [9.17, 15) is 9.18 Å². The van der Waals surface area contributed by atoms with Gasteiger partial charge in [0.05, 0.1) is 28.3 Å². The molecule has 6 nitrogen and oxygen atoms in total. The number of nitrogens with one attached hydrogen (secondary N) is 1. The van der Waals surface area contributed by atoms with Gasteiger partial charge >= 0.3 is 0 Å². The van der Waals surface area contributed by atoms with E-state index in [4.69, 9.17) is 0 Å². The second-order valence-electron chi connectivity index (χ2n) is 8.41. The molecule has 1 N–H and O–H groups in total. The molecule has 0 aliphatic carbocycles. The second kappa shape index (κ2) is 7.36. The van der Waals surface area contributed by atoms with E-state index >= 15 is 0 Å². The van der Waals surface area contributed by atoms with Gasteiger partial charge in [0.25, 0.3) is 5.91 Å². The van der Waals surface area contributed by atoms with Crippen molar-refractivity contribution in [2.24, 2.45) is 0 Å². The Morgan fingerprint density at radius 3 is 2.50 bits per heavy atom. The number of rotatable bonds is 4. The lowest BCUT2D eigenvalue weighted by Crippen LogP contribution is -2.26. The minimum Gasteiger partial charge on any atom is -0.306 e. The van der Waals surface area contributed by atoms with Crippen LogP contribution in [0.4, 0.5) is 10.2 Å². The van der Waals surface area contributed by atoms with Crippen molar-refractivity contribution >= 4 is 33.3 Å². The van der Waals surface area contributed by atoms with Crippen LogP contribution >= 0.6 is 11.3 Å². The molecule has 4 aromatic rings. The average Bonchev–Trinajstić information content (AvgIpc) is 3.33. The standard InChI is InChI=1S/C22H24FN5OS/c1-13-10-19(28(25-13)22(3,4)5)24-20(29)18-11-17-14(2)26-27(21(17)30-18)12-15-6-8-16(23)9-7-15/h6-11H,12H2,1-5H3,(H,24,29). The Kier molecular flexibility index (Phi) is 4.97. The molecule has 1 aromatic carbocycles. The van der Waals surface area contributed by atoms with Crippen LogP contribution in [-0.2, 0) is 12.1 Å². The van der Waals surface area contributed by atoms with E-state index in [0.717, 1.165) is 27.2 Å². The van der Waals surface area contributed by atoms with Gasteiger partial charge in [-0.2, -0.15) is 10.2 Å². The normalized spacial score (nSPS) is 11.9. The maximum Gasteiger partial charge on any atom is 0.266 e. The Labute approximate surface area is 178 Å². The highest BCUT2D eigenvalue weighted by Gasteiger charge is 2.22. The second-order valence-corrected chi connectivity index (χ2v) is 9.44. The summed E-state index contributed by atoms with van der Waals surface area (Å²) in [5.74, 6) is 0.238. The van der Waals surface area contributed by atoms with E-state index in [-0.39, 0.29) is 17.3 Å². The van der Waals surface area contributed by atoms with Crippen molar-refractivity contribution in [2.75, 3.05) is 5.32 Å². The van der Waals surface area contributed by atoms with Crippen molar-refractivity contribution in [3.05, 3.63) is 64.0 Å². The van der Waals surface area contributed by atoms with Gasteiger partial charge in [0.15, 0.2) is 0 Å². The predicted octanol–water partition coefficient (Wildman–Crippen LogP) is 5.11.